The minimum absolute atomic E-state index is 0.310. The zero-order chi connectivity index (χ0) is 21.0. The second-order valence-corrected chi connectivity index (χ2v) is 8.48. The van der Waals surface area contributed by atoms with Gasteiger partial charge in [0, 0.05) is 0 Å². The number of hydrogen-bond acceptors (Lipinski definition) is 6. The number of rotatable bonds is 5. The molecule has 3 aliphatic rings. The largest absolute Gasteiger partial charge is 0.454 e. The van der Waals surface area contributed by atoms with Crippen molar-refractivity contribution in [1.82, 2.24) is 10.2 Å². The van der Waals surface area contributed by atoms with Crippen molar-refractivity contribution in [2.24, 2.45) is 11.8 Å². The van der Waals surface area contributed by atoms with E-state index >= 15 is 0 Å². The van der Waals surface area contributed by atoms with E-state index < -0.39 is 30.1 Å². The Morgan fingerprint density at radius 1 is 1.10 bits per heavy atom. The van der Waals surface area contributed by atoms with Gasteiger partial charge in [-0.05, 0) is 32.6 Å². The Kier molecular flexibility index (Phi) is 6.56. The van der Waals surface area contributed by atoms with Crippen LogP contribution in [0.15, 0.2) is 0 Å². The highest BCUT2D eigenvalue weighted by Gasteiger charge is 2.51. The molecule has 0 aromatic rings. The van der Waals surface area contributed by atoms with E-state index in [0.29, 0.717) is 25.7 Å². The minimum Gasteiger partial charge on any atom is -0.454 e. The first-order chi connectivity index (χ1) is 13.9. The maximum atomic E-state index is 12.6. The number of carbonyl (C=O) groups excluding carboxylic acids is 4. The first-order valence-electron chi connectivity index (χ1n) is 10.6. The van der Waals surface area contributed by atoms with Crippen LogP contribution in [0, 0.1) is 23.2 Å². The van der Waals surface area contributed by atoms with E-state index in [4.69, 9.17) is 4.74 Å². The molecule has 2 unspecified atom stereocenters. The number of hydrogen-bond donors (Lipinski definition) is 1. The Labute approximate surface area is 170 Å². The molecular weight excluding hydrogens is 374 g/mol. The van der Waals surface area contributed by atoms with Crippen molar-refractivity contribution < 1.29 is 23.9 Å². The zero-order valence-electron chi connectivity index (χ0n) is 16.9. The van der Waals surface area contributed by atoms with E-state index in [0.717, 1.165) is 43.4 Å². The first-order valence-corrected chi connectivity index (χ1v) is 10.6. The van der Waals surface area contributed by atoms with Gasteiger partial charge in [0.1, 0.15) is 11.6 Å². The van der Waals surface area contributed by atoms with Crippen LogP contribution in [0.25, 0.3) is 0 Å². The van der Waals surface area contributed by atoms with Gasteiger partial charge in [-0.15, -0.1) is 0 Å². The molecule has 8 nitrogen and oxygen atoms in total. The average Bonchev–Trinajstić information content (AvgIpc) is 2.87. The number of esters is 1. The van der Waals surface area contributed by atoms with E-state index in [1.165, 1.54) is 6.92 Å². The maximum absolute atomic E-state index is 12.6. The standard InChI is InChI=1S/C21H29N3O5/c1-14(24-18(26)15-8-4-5-9-16(15)19(24)27)20(28)29-12-17(25)23-21(13-22)10-6-2-3-7-11-21/h14-16H,2-12H2,1H3,(H,23,25)/t14-,15?,16?/m0/s1. The highest BCUT2D eigenvalue weighted by atomic mass is 16.5. The second-order valence-electron chi connectivity index (χ2n) is 8.48. The van der Waals surface area contributed by atoms with Crippen molar-refractivity contribution in [3.8, 4) is 6.07 Å². The summed E-state index contributed by atoms with van der Waals surface area (Å²) in [7, 11) is 0. The van der Waals surface area contributed by atoms with Crippen LogP contribution in [0.5, 0.6) is 0 Å². The number of imide groups is 1. The fourth-order valence-electron chi connectivity index (χ4n) is 4.83. The molecule has 1 saturated heterocycles. The van der Waals surface area contributed by atoms with Crippen LogP contribution in [-0.4, -0.2) is 46.8 Å². The van der Waals surface area contributed by atoms with Gasteiger partial charge in [0.05, 0.1) is 17.9 Å². The quantitative estimate of drug-likeness (QED) is 0.425. The van der Waals surface area contributed by atoms with Gasteiger partial charge in [-0.2, -0.15) is 5.26 Å². The third kappa shape index (κ3) is 4.44. The smallest absolute Gasteiger partial charge is 0.329 e. The molecule has 3 amide bonds. The molecule has 2 saturated carbocycles. The van der Waals surface area contributed by atoms with Gasteiger partial charge in [0.25, 0.3) is 5.91 Å². The molecular formula is C21H29N3O5. The van der Waals surface area contributed by atoms with Crippen molar-refractivity contribution in [2.75, 3.05) is 6.61 Å². The van der Waals surface area contributed by atoms with Crippen LogP contribution in [-0.2, 0) is 23.9 Å². The number of carbonyl (C=O) groups is 4. The number of ether oxygens (including phenoxy) is 1. The molecule has 0 aromatic carbocycles. The molecule has 158 valence electrons. The zero-order valence-corrected chi connectivity index (χ0v) is 16.9. The van der Waals surface area contributed by atoms with Crippen LogP contribution in [0.3, 0.4) is 0 Å². The first kappa shape index (κ1) is 21.3. The molecule has 3 atom stereocenters. The van der Waals surface area contributed by atoms with Crippen molar-refractivity contribution in [3.05, 3.63) is 0 Å². The molecule has 29 heavy (non-hydrogen) atoms. The average molecular weight is 403 g/mol. The van der Waals surface area contributed by atoms with Crippen molar-refractivity contribution in [1.29, 1.82) is 5.26 Å². The predicted molar refractivity (Wildman–Crippen MR) is 102 cm³/mol. The van der Waals surface area contributed by atoms with Gasteiger partial charge >= 0.3 is 5.97 Å². The normalized spacial score (nSPS) is 27.4. The van der Waals surface area contributed by atoms with Gasteiger partial charge in [-0.1, -0.05) is 38.5 Å². The minimum atomic E-state index is -1.06. The topological polar surface area (TPSA) is 117 Å². The molecule has 0 aromatic heterocycles. The van der Waals surface area contributed by atoms with Crippen molar-refractivity contribution in [2.45, 2.75) is 82.7 Å². The lowest BCUT2D eigenvalue weighted by atomic mass is 9.81. The van der Waals surface area contributed by atoms with E-state index in [9.17, 15) is 24.4 Å². The SMILES string of the molecule is C[C@@H](C(=O)OCC(=O)NC1(C#N)CCCCCC1)N1C(=O)C2CCCCC2C1=O. The summed E-state index contributed by atoms with van der Waals surface area (Å²) >= 11 is 0. The van der Waals surface area contributed by atoms with Crippen LogP contribution in [0.2, 0.25) is 0 Å². The summed E-state index contributed by atoms with van der Waals surface area (Å²) in [5.41, 5.74) is -0.914. The number of nitrogens with zero attached hydrogens (tertiary/aromatic N) is 2. The molecule has 3 rings (SSSR count). The molecule has 1 heterocycles. The lowest BCUT2D eigenvalue weighted by Crippen LogP contribution is -2.49. The third-order valence-electron chi connectivity index (χ3n) is 6.50. The molecule has 8 heteroatoms. The molecule has 0 radical (unpaired) electrons. The summed E-state index contributed by atoms with van der Waals surface area (Å²) in [5.74, 6) is -2.61. The Hall–Kier alpha value is -2.43. The Morgan fingerprint density at radius 3 is 2.17 bits per heavy atom. The lowest BCUT2D eigenvalue weighted by Gasteiger charge is -2.26. The summed E-state index contributed by atoms with van der Waals surface area (Å²) in [5, 5.41) is 12.2. The number of nitrogens with one attached hydrogen (secondary N) is 1. The van der Waals surface area contributed by atoms with E-state index in [-0.39, 0.29) is 23.7 Å². The van der Waals surface area contributed by atoms with E-state index in [2.05, 4.69) is 11.4 Å². The van der Waals surface area contributed by atoms with Gasteiger partial charge < -0.3 is 10.1 Å². The monoisotopic (exact) mass is 403 g/mol. The Morgan fingerprint density at radius 2 is 1.66 bits per heavy atom. The van der Waals surface area contributed by atoms with Gasteiger partial charge in [0.15, 0.2) is 6.61 Å². The summed E-state index contributed by atoms with van der Waals surface area (Å²) in [6, 6.07) is 1.15. The predicted octanol–water partition coefficient (Wildman–Crippen LogP) is 1.83. The highest BCUT2D eigenvalue weighted by molar-refractivity contribution is 6.07. The van der Waals surface area contributed by atoms with Crippen LogP contribution in [0.1, 0.15) is 71.1 Å². The highest BCUT2D eigenvalue weighted by Crippen LogP contribution is 2.38. The third-order valence-corrected chi connectivity index (χ3v) is 6.50. The molecule has 0 bridgehead atoms. The Bertz CT molecular complexity index is 696. The number of nitriles is 1. The van der Waals surface area contributed by atoms with Crippen LogP contribution in [0.4, 0.5) is 0 Å². The molecule has 1 N–H and O–H groups in total. The summed E-state index contributed by atoms with van der Waals surface area (Å²) in [6.45, 7) is 0.922. The Balaban J connectivity index is 1.54. The summed E-state index contributed by atoms with van der Waals surface area (Å²) in [6.07, 6.45) is 8.13. The number of likely N-dealkylation sites (tertiary alicyclic amines) is 1. The van der Waals surface area contributed by atoms with Gasteiger partial charge in [0.2, 0.25) is 11.8 Å². The van der Waals surface area contributed by atoms with Gasteiger partial charge in [-0.25, -0.2) is 4.79 Å². The van der Waals surface area contributed by atoms with E-state index in [1.54, 1.807) is 0 Å². The second kappa shape index (κ2) is 8.93. The molecule has 2 aliphatic carbocycles. The summed E-state index contributed by atoms with van der Waals surface area (Å²) in [4.78, 5) is 50.9. The van der Waals surface area contributed by atoms with Crippen LogP contribution >= 0.6 is 0 Å². The lowest BCUT2D eigenvalue weighted by molar-refractivity contribution is -0.159. The van der Waals surface area contributed by atoms with Crippen LogP contribution < -0.4 is 5.32 Å². The van der Waals surface area contributed by atoms with Gasteiger partial charge in [-0.3, -0.25) is 19.3 Å². The summed E-state index contributed by atoms with van der Waals surface area (Å²) < 4.78 is 5.08. The number of fused-ring (bicyclic) bond motifs is 1. The fourth-order valence-corrected chi connectivity index (χ4v) is 4.83. The van der Waals surface area contributed by atoms with Crippen molar-refractivity contribution >= 4 is 23.7 Å². The molecule has 3 fully saturated rings. The fraction of sp³-hybridized carbons (Fsp3) is 0.762. The molecule has 1 aliphatic heterocycles. The number of amides is 3. The maximum Gasteiger partial charge on any atom is 0.329 e. The molecule has 0 spiro atoms. The van der Waals surface area contributed by atoms with Crippen molar-refractivity contribution in [3.63, 3.8) is 0 Å². The van der Waals surface area contributed by atoms with E-state index in [1.807, 2.05) is 0 Å².